The van der Waals surface area contributed by atoms with Crippen molar-refractivity contribution >= 4 is 57.9 Å². The molecule has 0 spiro atoms. The van der Waals surface area contributed by atoms with E-state index in [1.807, 2.05) is 22.6 Å². The highest BCUT2D eigenvalue weighted by molar-refractivity contribution is 14.1. The van der Waals surface area contributed by atoms with Gasteiger partial charge in [0, 0.05) is 8.32 Å². The van der Waals surface area contributed by atoms with Gasteiger partial charge in [-0.3, -0.25) is 14.4 Å². The van der Waals surface area contributed by atoms with Crippen molar-refractivity contribution in [1.29, 1.82) is 0 Å². The molecule has 7 nitrogen and oxygen atoms in total. The maximum absolute atomic E-state index is 12.9. The van der Waals surface area contributed by atoms with Gasteiger partial charge in [0.15, 0.2) is 5.78 Å². The number of Topliss-reactive ketones (excluding diaryl/α,β-unsaturated/α-hetero) is 1. The van der Waals surface area contributed by atoms with E-state index in [0.29, 0.717) is 9.13 Å². The largest absolute Gasteiger partial charge is 0.480 e. The number of hydrogen-bond donors (Lipinski definition) is 2. The Morgan fingerprint density at radius 1 is 1.27 bits per heavy atom. The van der Waals surface area contributed by atoms with Crippen LogP contribution >= 0.6 is 34.4 Å². The summed E-state index contributed by atoms with van der Waals surface area (Å²) in [5.74, 6) is -2.83. The maximum Gasteiger partial charge on any atom is 0.327 e. The summed E-state index contributed by atoms with van der Waals surface area (Å²) in [7, 11) is 0. The zero-order valence-electron chi connectivity index (χ0n) is 14.3. The van der Waals surface area contributed by atoms with Crippen LogP contribution in [0.5, 0.6) is 0 Å². The second-order valence-corrected chi connectivity index (χ2v) is 9.72. The number of aliphatic carboxylic acids is 1. The number of benzene rings is 1. The van der Waals surface area contributed by atoms with Crippen molar-refractivity contribution in [3.8, 4) is 0 Å². The number of carboxylic acid groups (broad SMARTS) is 1. The van der Waals surface area contributed by atoms with Crippen LogP contribution in [0, 0.1) is 3.57 Å². The number of fused-ring (bicyclic) bond motifs is 1. The predicted octanol–water partition coefficient (Wildman–Crippen LogP) is 1.50. The molecule has 2 amide bonds. The van der Waals surface area contributed by atoms with Crippen LogP contribution in [0.1, 0.15) is 31.1 Å². The average Bonchev–Trinajstić information content (AvgIpc) is 2.81. The smallest absolute Gasteiger partial charge is 0.327 e. The number of carboxylic acids is 1. The summed E-state index contributed by atoms with van der Waals surface area (Å²) in [4.78, 5) is 50.9. The number of hydrogen-bond acceptors (Lipinski definition) is 5. The third-order valence-corrected chi connectivity index (χ3v) is 7.34. The van der Waals surface area contributed by atoms with Gasteiger partial charge in [0.05, 0.1) is 5.56 Å². The Balaban J connectivity index is 1.98. The lowest BCUT2D eigenvalue weighted by Gasteiger charge is -2.51. The zero-order valence-corrected chi connectivity index (χ0v) is 17.3. The number of ketones is 1. The second-order valence-electron chi connectivity index (χ2n) is 6.83. The van der Waals surface area contributed by atoms with E-state index in [4.69, 9.17) is 0 Å². The number of nitrogens with one attached hydrogen (secondary N) is 1. The minimum atomic E-state index is -1.73. The lowest BCUT2D eigenvalue weighted by Crippen LogP contribution is -2.82. The van der Waals surface area contributed by atoms with E-state index in [1.54, 1.807) is 38.1 Å². The molecule has 2 heterocycles. The summed E-state index contributed by atoms with van der Waals surface area (Å²) < 4.78 is -0.0948. The molecule has 2 aliphatic heterocycles. The predicted molar refractivity (Wildman–Crippen MR) is 104 cm³/mol. The summed E-state index contributed by atoms with van der Waals surface area (Å²) in [6.07, 6.45) is 0. The minimum absolute atomic E-state index is 0.358. The summed E-state index contributed by atoms with van der Waals surface area (Å²) in [6.45, 7) is 4.68. The summed E-state index contributed by atoms with van der Waals surface area (Å²) in [6, 6.07) is 5.78. The molecule has 9 heteroatoms. The standard InChI is InChI=1S/C17H17IN2O5S/c1-8(21)17(19-12(22)9-6-4-5-7-10(9)18)14(25)20-11(13(23)24)16(2,3)26-15(17)20/h4-7,11,15H,1-3H3,(H,19,22)(H,23,24)/t11-,15+,17-/m0/s1. The molecule has 0 radical (unpaired) electrons. The van der Waals surface area contributed by atoms with E-state index in [-0.39, 0.29) is 0 Å². The van der Waals surface area contributed by atoms with Crippen LogP contribution in [0.4, 0.5) is 0 Å². The normalized spacial score (nSPS) is 28.9. The lowest BCUT2D eigenvalue weighted by molar-refractivity contribution is -0.170. The number of rotatable bonds is 4. The number of thioether (sulfide) groups is 1. The molecule has 26 heavy (non-hydrogen) atoms. The highest BCUT2D eigenvalue weighted by Crippen LogP contribution is 2.55. The van der Waals surface area contributed by atoms with E-state index in [9.17, 15) is 24.3 Å². The van der Waals surface area contributed by atoms with Crippen molar-refractivity contribution in [2.45, 2.75) is 42.5 Å². The van der Waals surface area contributed by atoms with E-state index in [1.165, 1.54) is 23.6 Å². The molecule has 3 rings (SSSR count). The van der Waals surface area contributed by atoms with Crippen LogP contribution in [-0.4, -0.2) is 55.3 Å². The Labute approximate surface area is 168 Å². The van der Waals surface area contributed by atoms with Crippen molar-refractivity contribution in [3.63, 3.8) is 0 Å². The molecular formula is C17H17IN2O5S. The van der Waals surface area contributed by atoms with E-state index in [0.717, 1.165) is 0 Å². The highest BCUT2D eigenvalue weighted by atomic mass is 127. The third kappa shape index (κ3) is 2.55. The molecule has 2 fully saturated rings. The average molecular weight is 488 g/mol. The lowest BCUT2D eigenvalue weighted by atomic mass is 9.81. The quantitative estimate of drug-likeness (QED) is 0.378. The Kier molecular flexibility index (Phi) is 4.58. The Bertz CT molecular complexity index is 842. The SMILES string of the molecule is CC(=O)[C@]1(NC(=O)c2ccccc2I)C(=O)N2[C@@H](C(=O)O)C(C)(C)S[C@@H]21. The second kappa shape index (κ2) is 6.22. The molecule has 2 N–H and O–H groups in total. The molecule has 1 aromatic rings. The molecule has 2 aliphatic rings. The van der Waals surface area contributed by atoms with Crippen LogP contribution in [0.15, 0.2) is 24.3 Å². The number of amides is 2. The van der Waals surface area contributed by atoms with E-state index < -0.39 is 45.3 Å². The van der Waals surface area contributed by atoms with Gasteiger partial charge in [0.2, 0.25) is 5.54 Å². The van der Waals surface area contributed by atoms with Crippen molar-refractivity contribution < 1.29 is 24.3 Å². The minimum Gasteiger partial charge on any atom is -0.480 e. The van der Waals surface area contributed by atoms with Crippen molar-refractivity contribution in [2.75, 3.05) is 0 Å². The van der Waals surface area contributed by atoms with E-state index >= 15 is 0 Å². The number of carbonyl (C=O) groups excluding carboxylic acids is 3. The van der Waals surface area contributed by atoms with Crippen molar-refractivity contribution in [1.82, 2.24) is 10.2 Å². The molecule has 1 aromatic carbocycles. The molecule has 0 unspecified atom stereocenters. The van der Waals surface area contributed by atoms with E-state index in [2.05, 4.69) is 5.32 Å². The number of nitrogens with zero attached hydrogens (tertiary/aromatic N) is 1. The van der Waals surface area contributed by atoms with Gasteiger partial charge < -0.3 is 15.3 Å². The Hall–Kier alpha value is -1.62. The molecule has 0 aliphatic carbocycles. The first-order valence-electron chi connectivity index (χ1n) is 7.85. The first-order valence-corrected chi connectivity index (χ1v) is 9.81. The summed E-state index contributed by atoms with van der Waals surface area (Å²) >= 11 is 3.23. The first-order chi connectivity index (χ1) is 12.0. The fourth-order valence-corrected chi connectivity index (χ4v) is 5.86. The maximum atomic E-state index is 12.9. The van der Waals surface area contributed by atoms with Crippen LogP contribution < -0.4 is 5.32 Å². The van der Waals surface area contributed by atoms with Crippen LogP contribution in [-0.2, 0) is 14.4 Å². The van der Waals surface area contributed by atoms with Gasteiger partial charge in [-0.25, -0.2) is 4.79 Å². The van der Waals surface area contributed by atoms with Crippen molar-refractivity contribution in [3.05, 3.63) is 33.4 Å². The molecule has 138 valence electrons. The fourth-order valence-electron chi connectivity index (χ4n) is 3.48. The van der Waals surface area contributed by atoms with Gasteiger partial charge in [0.25, 0.3) is 11.8 Å². The van der Waals surface area contributed by atoms with Gasteiger partial charge in [0.1, 0.15) is 11.4 Å². The molecule has 0 saturated carbocycles. The van der Waals surface area contributed by atoms with Crippen LogP contribution in [0.2, 0.25) is 0 Å². The third-order valence-electron chi connectivity index (χ3n) is 4.77. The molecule has 0 aromatic heterocycles. The monoisotopic (exact) mass is 488 g/mol. The van der Waals surface area contributed by atoms with Gasteiger partial charge in [-0.15, -0.1) is 11.8 Å². The fraction of sp³-hybridized carbons (Fsp3) is 0.412. The Morgan fingerprint density at radius 3 is 2.42 bits per heavy atom. The number of β-lactam (4-membered cyclic amide) rings is 1. The van der Waals surface area contributed by atoms with Crippen molar-refractivity contribution in [2.24, 2.45) is 0 Å². The van der Waals surface area contributed by atoms with Gasteiger partial charge in [-0.2, -0.15) is 0 Å². The zero-order chi connectivity index (χ0) is 19.4. The highest BCUT2D eigenvalue weighted by Gasteiger charge is 2.74. The molecule has 3 atom stereocenters. The van der Waals surface area contributed by atoms with Gasteiger partial charge in [-0.05, 0) is 55.5 Å². The van der Waals surface area contributed by atoms with Gasteiger partial charge in [-0.1, -0.05) is 12.1 Å². The van der Waals surface area contributed by atoms with Crippen LogP contribution in [0.25, 0.3) is 0 Å². The number of carbonyl (C=O) groups is 4. The molecular weight excluding hydrogens is 471 g/mol. The molecule has 0 bridgehead atoms. The Morgan fingerprint density at radius 2 is 1.88 bits per heavy atom. The molecule has 2 saturated heterocycles. The summed E-state index contributed by atoms with van der Waals surface area (Å²) in [5, 5.41) is 11.4. The topological polar surface area (TPSA) is 104 Å². The summed E-state index contributed by atoms with van der Waals surface area (Å²) in [5.41, 5.74) is -1.38. The van der Waals surface area contributed by atoms with Gasteiger partial charge >= 0.3 is 5.97 Å². The number of halogens is 1. The first kappa shape index (κ1) is 19.2. The van der Waals surface area contributed by atoms with Crippen LogP contribution in [0.3, 0.4) is 0 Å².